The van der Waals surface area contributed by atoms with Gasteiger partial charge in [-0.25, -0.2) is 9.18 Å². The number of fused-ring (bicyclic) bond motifs is 1. The van der Waals surface area contributed by atoms with Crippen LogP contribution >= 0.6 is 0 Å². The van der Waals surface area contributed by atoms with Crippen molar-refractivity contribution < 1.29 is 19.1 Å². The van der Waals surface area contributed by atoms with Gasteiger partial charge in [0.1, 0.15) is 11.9 Å². The van der Waals surface area contributed by atoms with Gasteiger partial charge in [0.05, 0.1) is 5.52 Å². The van der Waals surface area contributed by atoms with Crippen molar-refractivity contribution in [1.82, 2.24) is 10.3 Å². The summed E-state index contributed by atoms with van der Waals surface area (Å²) in [5, 5.41) is 12.7. The molecule has 1 aromatic heterocycles. The molecule has 0 saturated carbocycles. The molecule has 6 heteroatoms. The number of aliphatic carboxylic acids is 1. The molecule has 5 nitrogen and oxygen atoms in total. The van der Waals surface area contributed by atoms with Gasteiger partial charge in [0.25, 0.3) is 5.91 Å². The van der Waals surface area contributed by atoms with E-state index in [1.165, 1.54) is 18.2 Å². The van der Waals surface area contributed by atoms with Crippen LogP contribution in [0.1, 0.15) is 16.1 Å². The van der Waals surface area contributed by atoms with Gasteiger partial charge in [0.2, 0.25) is 0 Å². The maximum Gasteiger partial charge on any atom is 0.326 e. The summed E-state index contributed by atoms with van der Waals surface area (Å²) in [6.45, 7) is 0. The maximum absolute atomic E-state index is 13.2. The zero-order valence-electron chi connectivity index (χ0n) is 13.1. The van der Waals surface area contributed by atoms with Crippen LogP contribution in [0.25, 0.3) is 10.9 Å². The average molecular weight is 338 g/mol. The van der Waals surface area contributed by atoms with Crippen molar-refractivity contribution in [2.75, 3.05) is 0 Å². The number of benzene rings is 2. The van der Waals surface area contributed by atoms with Gasteiger partial charge < -0.3 is 10.4 Å². The van der Waals surface area contributed by atoms with E-state index in [4.69, 9.17) is 0 Å². The average Bonchev–Trinajstić information content (AvgIpc) is 2.61. The molecule has 3 rings (SSSR count). The third-order valence-electron chi connectivity index (χ3n) is 3.76. The molecule has 1 atom stereocenters. The smallest absolute Gasteiger partial charge is 0.326 e. The Balaban J connectivity index is 1.78. The summed E-state index contributed by atoms with van der Waals surface area (Å²) in [7, 11) is 0. The van der Waals surface area contributed by atoms with Gasteiger partial charge in [-0.05, 0) is 30.3 Å². The number of nitrogens with one attached hydrogen (secondary N) is 1. The van der Waals surface area contributed by atoms with E-state index >= 15 is 0 Å². The first kappa shape index (κ1) is 16.6. The highest BCUT2D eigenvalue weighted by atomic mass is 19.1. The van der Waals surface area contributed by atoms with Crippen molar-refractivity contribution in [2.24, 2.45) is 0 Å². The van der Waals surface area contributed by atoms with Crippen LogP contribution < -0.4 is 5.32 Å². The number of carboxylic acids is 1. The standard InChI is InChI=1S/C19H15FN2O3/c20-14-6-3-5-13(10-14)18(23)22-17(19(24)25)11-15-9-8-12-4-1-2-7-16(12)21-15/h1-10,17H,11H2,(H,22,23)(H,24,25)/t17-/m0/s1. The van der Waals surface area contributed by atoms with Crippen molar-refractivity contribution in [3.63, 3.8) is 0 Å². The molecule has 0 fully saturated rings. The number of pyridine rings is 1. The lowest BCUT2D eigenvalue weighted by Crippen LogP contribution is -2.42. The summed E-state index contributed by atoms with van der Waals surface area (Å²) >= 11 is 0. The van der Waals surface area contributed by atoms with E-state index in [1.807, 2.05) is 30.3 Å². The van der Waals surface area contributed by atoms with E-state index in [2.05, 4.69) is 10.3 Å². The fourth-order valence-corrected chi connectivity index (χ4v) is 2.50. The molecule has 1 amide bonds. The van der Waals surface area contributed by atoms with E-state index in [0.29, 0.717) is 5.69 Å². The summed E-state index contributed by atoms with van der Waals surface area (Å²) in [5.74, 6) is -2.39. The number of hydrogen-bond donors (Lipinski definition) is 2. The zero-order valence-corrected chi connectivity index (χ0v) is 13.1. The second kappa shape index (κ2) is 7.09. The molecular weight excluding hydrogens is 323 g/mol. The maximum atomic E-state index is 13.2. The first-order valence-electron chi connectivity index (χ1n) is 7.67. The van der Waals surface area contributed by atoms with Gasteiger partial charge in [-0.3, -0.25) is 9.78 Å². The van der Waals surface area contributed by atoms with Gasteiger partial charge in [0.15, 0.2) is 0 Å². The SMILES string of the molecule is O=C(N[C@@H](Cc1ccc2ccccc2n1)C(=O)O)c1cccc(F)c1. The topological polar surface area (TPSA) is 79.3 Å². The number of hydrogen-bond acceptors (Lipinski definition) is 3. The molecule has 0 unspecified atom stereocenters. The summed E-state index contributed by atoms with van der Waals surface area (Å²) in [6.07, 6.45) is 0.0290. The number of halogens is 1. The van der Waals surface area contributed by atoms with Crippen molar-refractivity contribution in [2.45, 2.75) is 12.5 Å². The second-order valence-electron chi connectivity index (χ2n) is 5.57. The van der Waals surface area contributed by atoms with Crippen LogP contribution in [0.5, 0.6) is 0 Å². The van der Waals surface area contributed by atoms with Crippen LogP contribution in [0.2, 0.25) is 0 Å². The van der Waals surface area contributed by atoms with Crippen molar-refractivity contribution >= 4 is 22.8 Å². The quantitative estimate of drug-likeness (QED) is 0.750. The summed E-state index contributed by atoms with van der Waals surface area (Å²) < 4.78 is 13.2. The van der Waals surface area contributed by atoms with Crippen LogP contribution in [0.4, 0.5) is 4.39 Å². The number of nitrogens with zero attached hydrogens (tertiary/aromatic N) is 1. The summed E-state index contributed by atoms with van der Waals surface area (Å²) in [5.41, 5.74) is 1.36. The highest BCUT2D eigenvalue weighted by Gasteiger charge is 2.22. The number of amides is 1. The predicted octanol–water partition coefficient (Wildman–Crippen LogP) is 2.80. The molecule has 0 radical (unpaired) electrons. The summed E-state index contributed by atoms with van der Waals surface area (Å²) in [4.78, 5) is 28.1. The highest BCUT2D eigenvalue weighted by molar-refractivity contribution is 5.96. The Bertz CT molecular complexity index is 943. The normalized spacial score (nSPS) is 11.9. The molecule has 2 N–H and O–H groups in total. The molecule has 2 aromatic carbocycles. The first-order valence-corrected chi connectivity index (χ1v) is 7.67. The third-order valence-corrected chi connectivity index (χ3v) is 3.76. The lowest BCUT2D eigenvalue weighted by atomic mass is 10.1. The number of para-hydroxylation sites is 1. The van der Waals surface area contributed by atoms with Crippen molar-refractivity contribution in [3.8, 4) is 0 Å². The molecule has 25 heavy (non-hydrogen) atoms. The Morgan fingerprint density at radius 3 is 2.64 bits per heavy atom. The molecule has 0 saturated heterocycles. The fraction of sp³-hybridized carbons (Fsp3) is 0.105. The molecule has 0 aliphatic carbocycles. The van der Waals surface area contributed by atoms with Crippen LogP contribution in [-0.4, -0.2) is 28.0 Å². The predicted molar refractivity (Wildman–Crippen MR) is 90.7 cm³/mol. The van der Waals surface area contributed by atoms with E-state index in [9.17, 15) is 19.1 Å². The molecule has 0 bridgehead atoms. The van der Waals surface area contributed by atoms with Crippen LogP contribution in [0.3, 0.4) is 0 Å². The molecule has 3 aromatic rings. The molecule has 126 valence electrons. The number of rotatable bonds is 5. The Kier molecular flexibility index (Phi) is 4.70. The Morgan fingerprint density at radius 2 is 1.88 bits per heavy atom. The number of carboxylic acid groups (broad SMARTS) is 1. The summed E-state index contributed by atoms with van der Waals surface area (Å²) in [6, 6.07) is 15.0. The van der Waals surface area contributed by atoms with Gasteiger partial charge >= 0.3 is 5.97 Å². The van der Waals surface area contributed by atoms with E-state index < -0.39 is 23.7 Å². The van der Waals surface area contributed by atoms with E-state index in [0.717, 1.165) is 17.0 Å². The third kappa shape index (κ3) is 3.98. The van der Waals surface area contributed by atoms with Crippen molar-refractivity contribution in [1.29, 1.82) is 0 Å². The molecule has 0 aliphatic rings. The van der Waals surface area contributed by atoms with Gasteiger partial charge in [0, 0.05) is 23.1 Å². The monoisotopic (exact) mass is 338 g/mol. The number of carbonyl (C=O) groups excluding carboxylic acids is 1. The minimum Gasteiger partial charge on any atom is -0.480 e. The lowest BCUT2D eigenvalue weighted by molar-refractivity contribution is -0.139. The van der Waals surface area contributed by atoms with Crippen LogP contribution in [0.15, 0.2) is 60.7 Å². The second-order valence-corrected chi connectivity index (χ2v) is 5.57. The minimum absolute atomic E-state index is 0.0290. The minimum atomic E-state index is -1.18. The van der Waals surface area contributed by atoms with E-state index in [1.54, 1.807) is 6.07 Å². The highest BCUT2D eigenvalue weighted by Crippen LogP contribution is 2.13. The molecule has 0 spiro atoms. The number of aromatic nitrogens is 1. The number of carbonyl (C=O) groups is 2. The van der Waals surface area contributed by atoms with Crippen molar-refractivity contribution in [3.05, 3.63) is 77.7 Å². The largest absolute Gasteiger partial charge is 0.480 e. The van der Waals surface area contributed by atoms with E-state index in [-0.39, 0.29) is 12.0 Å². The molecule has 0 aliphatic heterocycles. The zero-order chi connectivity index (χ0) is 17.8. The van der Waals surface area contributed by atoms with Gasteiger partial charge in [-0.2, -0.15) is 0 Å². The lowest BCUT2D eigenvalue weighted by Gasteiger charge is -2.14. The van der Waals surface area contributed by atoms with Crippen LogP contribution in [-0.2, 0) is 11.2 Å². The Hall–Kier alpha value is -3.28. The molecular formula is C19H15FN2O3. The Labute approximate surface area is 143 Å². The Morgan fingerprint density at radius 1 is 1.08 bits per heavy atom. The first-order chi connectivity index (χ1) is 12.0. The van der Waals surface area contributed by atoms with Crippen LogP contribution in [0, 0.1) is 5.82 Å². The van der Waals surface area contributed by atoms with Gasteiger partial charge in [-0.15, -0.1) is 0 Å². The van der Waals surface area contributed by atoms with Gasteiger partial charge in [-0.1, -0.05) is 30.3 Å². The molecule has 1 heterocycles. The fourth-order valence-electron chi connectivity index (χ4n) is 2.50.